The molecule has 2 atom stereocenters. The summed E-state index contributed by atoms with van der Waals surface area (Å²) in [6.07, 6.45) is 2.18. The molecule has 0 radical (unpaired) electrons. The SMILES string of the molecule is C=CCC1(c2ccc(F)cc2)CCN(C(C)c2ccc(-c3ccc(F)cc3F)cc2)C(=O)O1. The van der Waals surface area contributed by atoms with E-state index in [0.29, 0.717) is 30.5 Å². The van der Waals surface area contributed by atoms with Crippen LogP contribution in [0.3, 0.4) is 0 Å². The van der Waals surface area contributed by atoms with E-state index in [1.165, 1.54) is 24.3 Å². The summed E-state index contributed by atoms with van der Waals surface area (Å²) in [5, 5.41) is 0. The van der Waals surface area contributed by atoms with Gasteiger partial charge in [-0.3, -0.25) is 0 Å². The van der Waals surface area contributed by atoms with Crippen LogP contribution in [0, 0.1) is 17.5 Å². The first-order chi connectivity index (χ1) is 15.8. The Bertz CT molecular complexity index is 1160. The van der Waals surface area contributed by atoms with Crippen LogP contribution in [0.15, 0.2) is 79.4 Å². The Hall–Kier alpha value is -3.54. The summed E-state index contributed by atoms with van der Waals surface area (Å²) in [4.78, 5) is 14.7. The van der Waals surface area contributed by atoms with Crippen molar-refractivity contribution in [2.24, 2.45) is 0 Å². The fourth-order valence-electron chi connectivity index (χ4n) is 4.32. The summed E-state index contributed by atoms with van der Waals surface area (Å²) in [6.45, 7) is 6.13. The monoisotopic (exact) mass is 451 g/mol. The molecule has 1 fully saturated rings. The zero-order valence-corrected chi connectivity index (χ0v) is 18.2. The van der Waals surface area contributed by atoms with E-state index in [1.807, 2.05) is 19.1 Å². The lowest BCUT2D eigenvalue weighted by Crippen LogP contribution is -2.48. The van der Waals surface area contributed by atoms with Crippen molar-refractivity contribution >= 4 is 6.09 Å². The van der Waals surface area contributed by atoms with Gasteiger partial charge in [-0.1, -0.05) is 42.5 Å². The van der Waals surface area contributed by atoms with E-state index in [0.717, 1.165) is 17.2 Å². The van der Waals surface area contributed by atoms with Crippen LogP contribution in [0.25, 0.3) is 11.1 Å². The third kappa shape index (κ3) is 4.51. The molecule has 3 aromatic carbocycles. The van der Waals surface area contributed by atoms with Gasteiger partial charge in [-0.15, -0.1) is 6.58 Å². The van der Waals surface area contributed by atoms with E-state index in [-0.39, 0.29) is 11.9 Å². The second-order valence-electron chi connectivity index (χ2n) is 8.23. The van der Waals surface area contributed by atoms with E-state index in [4.69, 9.17) is 4.74 Å². The van der Waals surface area contributed by atoms with Gasteiger partial charge in [0.05, 0.1) is 6.04 Å². The number of carbonyl (C=O) groups is 1. The molecule has 6 heteroatoms. The van der Waals surface area contributed by atoms with E-state index in [2.05, 4.69) is 6.58 Å². The third-order valence-corrected chi connectivity index (χ3v) is 6.22. The van der Waals surface area contributed by atoms with Gasteiger partial charge in [-0.2, -0.15) is 0 Å². The van der Waals surface area contributed by atoms with Gasteiger partial charge in [0.25, 0.3) is 0 Å². The maximum Gasteiger partial charge on any atom is 0.411 e. The fourth-order valence-corrected chi connectivity index (χ4v) is 4.32. The minimum atomic E-state index is -0.882. The Morgan fingerprint density at radius 3 is 2.30 bits per heavy atom. The van der Waals surface area contributed by atoms with Crippen molar-refractivity contribution in [3.05, 3.63) is 108 Å². The molecule has 1 heterocycles. The van der Waals surface area contributed by atoms with Crippen LogP contribution in [0.4, 0.5) is 18.0 Å². The van der Waals surface area contributed by atoms with Crippen molar-refractivity contribution in [2.75, 3.05) is 6.54 Å². The molecule has 0 saturated carbocycles. The van der Waals surface area contributed by atoms with Crippen LogP contribution in [-0.2, 0) is 10.3 Å². The van der Waals surface area contributed by atoms with Gasteiger partial charge in [0.15, 0.2) is 0 Å². The Morgan fingerprint density at radius 2 is 1.70 bits per heavy atom. The summed E-state index contributed by atoms with van der Waals surface area (Å²) >= 11 is 0. The molecule has 3 nitrogen and oxygen atoms in total. The number of rotatable bonds is 6. The lowest BCUT2D eigenvalue weighted by Gasteiger charge is -2.43. The van der Waals surface area contributed by atoms with Crippen molar-refractivity contribution in [1.82, 2.24) is 4.90 Å². The number of cyclic esters (lactones) is 1. The molecule has 1 aliphatic heterocycles. The number of hydrogen-bond donors (Lipinski definition) is 0. The van der Waals surface area contributed by atoms with Gasteiger partial charge in [-0.05, 0) is 47.9 Å². The molecule has 3 aromatic rings. The van der Waals surface area contributed by atoms with Crippen molar-refractivity contribution in [1.29, 1.82) is 0 Å². The van der Waals surface area contributed by atoms with Crippen LogP contribution < -0.4 is 0 Å². The highest BCUT2D eigenvalue weighted by Crippen LogP contribution is 2.40. The van der Waals surface area contributed by atoms with Crippen molar-refractivity contribution in [3.63, 3.8) is 0 Å². The van der Waals surface area contributed by atoms with Gasteiger partial charge < -0.3 is 9.64 Å². The number of amides is 1. The molecule has 0 aliphatic carbocycles. The highest BCUT2D eigenvalue weighted by molar-refractivity contribution is 5.70. The fraction of sp³-hybridized carbons (Fsp3) is 0.222. The van der Waals surface area contributed by atoms with Gasteiger partial charge in [0.2, 0.25) is 0 Å². The molecular formula is C27H24F3NO2. The standard InChI is InChI=1S/C27H24F3NO2/c1-3-14-27(21-8-10-22(28)11-9-21)15-16-31(26(32)33-27)18(2)19-4-6-20(7-5-19)24-13-12-23(29)17-25(24)30/h3-13,17-18H,1,14-16H2,2H3. The smallest absolute Gasteiger partial charge is 0.411 e. The Labute approximate surface area is 191 Å². The third-order valence-electron chi connectivity index (χ3n) is 6.22. The topological polar surface area (TPSA) is 29.5 Å². The average molecular weight is 451 g/mol. The zero-order valence-electron chi connectivity index (χ0n) is 18.2. The first-order valence-corrected chi connectivity index (χ1v) is 10.7. The summed E-state index contributed by atoms with van der Waals surface area (Å²) < 4.78 is 46.6. The molecule has 1 amide bonds. The first-order valence-electron chi connectivity index (χ1n) is 10.7. The van der Waals surface area contributed by atoms with Crippen LogP contribution >= 0.6 is 0 Å². The van der Waals surface area contributed by atoms with Crippen LogP contribution in [0.2, 0.25) is 0 Å². The van der Waals surface area contributed by atoms with Crippen molar-refractivity contribution < 1.29 is 22.7 Å². The molecule has 33 heavy (non-hydrogen) atoms. The lowest BCUT2D eigenvalue weighted by molar-refractivity contribution is -0.0588. The Kier molecular flexibility index (Phi) is 6.27. The van der Waals surface area contributed by atoms with E-state index < -0.39 is 23.3 Å². The quantitative estimate of drug-likeness (QED) is 0.373. The highest BCUT2D eigenvalue weighted by Gasteiger charge is 2.42. The van der Waals surface area contributed by atoms with Crippen molar-refractivity contribution in [2.45, 2.75) is 31.4 Å². The number of halogens is 3. The second kappa shape index (κ2) is 9.14. The minimum Gasteiger partial charge on any atom is -0.437 e. The molecule has 0 bridgehead atoms. The van der Waals surface area contributed by atoms with Crippen molar-refractivity contribution in [3.8, 4) is 11.1 Å². The number of carbonyl (C=O) groups excluding carboxylic acids is 1. The highest BCUT2D eigenvalue weighted by atomic mass is 19.1. The summed E-state index contributed by atoms with van der Waals surface area (Å²) in [5.41, 5.74) is 1.63. The lowest BCUT2D eigenvalue weighted by atomic mass is 9.85. The summed E-state index contributed by atoms with van der Waals surface area (Å²) in [5.74, 6) is -1.61. The summed E-state index contributed by atoms with van der Waals surface area (Å²) in [6, 6.07) is 16.3. The number of nitrogens with zero attached hydrogens (tertiary/aromatic N) is 1. The van der Waals surface area contributed by atoms with E-state index in [1.54, 1.807) is 35.2 Å². The molecule has 2 unspecified atom stereocenters. The Morgan fingerprint density at radius 1 is 1.03 bits per heavy atom. The van der Waals surface area contributed by atoms with Gasteiger partial charge in [0, 0.05) is 31.0 Å². The van der Waals surface area contributed by atoms with Crippen LogP contribution in [0.1, 0.15) is 36.9 Å². The molecule has 0 aromatic heterocycles. The number of hydrogen-bond acceptors (Lipinski definition) is 2. The predicted octanol–water partition coefficient (Wildman–Crippen LogP) is 7.15. The molecular weight excluding hydrogens is 427 g/mol. The maximum atomic E-state index is 14.1. The molecule has 4 rings (SSSR count). The summed E-state index contributed by atoms with van der Waals surface area (Å²) in [7, 11) is 0. The minimum absolute atomic E-state index is 0.278. The second-order valence-corrected chi connectivity index (χ2v) is 8.23. The molecule has 0 spiro atoms. The molecule has 1 aliphatic rings. The van der Waals surface area contributed by atoms with E-state index in [9.17, 15) is 18.0 Å². The Balaban J connectivity index is 1.52. The molecule has 0 N–H and O–H groups in total. The number of benzene rings is 3. The average Bonchev–Trinajstić information content (AvgIpc) is 2.79. The maximum absolute atomic E-state index is 14.1. The first kappa shape index (κ1) is 22.6. The van der Waals surface area contributed by atoms with E-state index >= 15 is 0 Å². The largest absolute Gasteiger partial charge is 0.437 e. The van der Waals surface area contributed by atoms with Crippen LogP contribution in [0.5, 0.6) is 0 Å². The van der Waals surface area contributed by atoms with Crippen LogP contribution in [-0.4, -0.2) is 17.5 Å². The van der Waals surface area contributed by atoms with Gasteiger partial charge >= 0.3 is 6.09 Å². The normalized spacial score (nSPS) is 19.2. The van der Waals surface area contributed by atoms with Gasteiger partial charge in [0.1, 0.15) is 23.1 Å². The molecule has 1 saturated heterocycles. The zero-order chi connectivity index (χ0) is 23.6. The predicted molar refractivity (Wildman–Crippen MR) is 121 cm³/mol. The molecule has 170 valence electrons. The number of ether oxygens (including phenoxy) is 1. The van der Waals surface area contributed by atoms with Gasteiger partial charge in [-0.25, -0.2) is 18.0 Å².